The second-order valence-electron chi connectivity index (χ2n) is 7.42. The first kappa shape index (κ1) is 19.8. The van der Waals surface area contributed by atoms with Crippen LogP contribution in [0.2, 0.25) is 5.02 Å². The molecule has 7 heteroatoms. The van der Waals surface area contributed by atoms with E-state index >= 15 is 0 Å². The molecule has 0 radical (unpaired) electrons. The van der Waals surface area contributed by atoms with Gasteiger partial charge in [-0.1, -0.05) is 84.0 Å². The minimum atomic E-state index is -0.341. The Morgan fingerprint density at radius 1 is 1.00 bits per heavy atom. The van der Waals surface area contributed by atoms with Crippen LogP contribution in [0.4, 0.5) is 5.82 Å². The van der Waals surface area contributed by atoms with Gasteiger partial charge in [0.1, 0.15) is 5.82 Å². The van der Waals surface area contributed by atoms with E-state index in [0.717, 1.165) is 21.9 Å². The number of fused-ring (bicyclic) bond motifs is 2. The Kier molecular flexibility index (Phi) is 5.26. The summed E-state index contributed by atoms with van der Waals surface area (Å²) < 4.78 is 0. The second kappa shape index (κ2) is 8.21. The first-order valence-electron chi connectivity index (χ1n) is 9.87. The fourth-order valence-corrected chi connectivity index (χ4v) is 5.04. The number of hydrogen-bond donors (Lipinski definition) is 2. The normalized spacial score (nSPS) is 15.5. The summed E-state index contributed by atoms with van der Waals surface area (Å²) in [4.78, 5) is 32.9. The van der Waals surface area contributed by atoms with Crippen molar-refractivity contribution >= 4 is 45.9 Å². The smallest absolute Gasteiger partial charge is 0.257 e. The summed E-state index contributed by atoms with van der Waals surface area (Å²) in [5.74, 6) is 0.404. The van der Waals surface area contributed by atoms with Crippen LogP contribution in [0.1, 0.15) is 29.0 Å². The Morgan fingerprint density at radius 2 is 1.77 bits per heavy atom. The van der Waals surface area contributed by atoms with Crippen molar-refractivity contribution in [3.63, 3.8) is 0 Å². The molecule has 2 heterocycles. The summed E-state index contributed by atoms with van der Waals surface area (Å²) in [7, 11) is 0. The second-order valence-corrected chi connectivity index (χ2v) is 8.80. The number of amides is 1. The van der Waals surface area contributed by atoms with E-state index in [-0.39, 0.29) is 23.8 Å². The minimum absolute atomic E-state index is 0.147. The van der Waals surface area contributed by atoms with Crippen LogP contribution in [0.5, 0.6) is 0 Å². The third-order valence-electron chi connectivity index (χ3n) is 5.43. The summed E-state index contributed by atoms with van der Waals surface area (Å²) in [6.45, 7) is 0. The molecule has 1 aliphatic rings. The van der Waals surface area contributed by atoms with Crippen LogP contribution in [0, 0.1) is 0 Å². The third kappa shape index (κ3) is 3.96. The van der Waals surface area contributed by atoms with Gasteiger partial charge in [-0.3, -0.25) is 9.59 Å². The lowest BCUT2D eigenvalue weighted by Gasteiger charge is -2.24. The molecule has 5 rings (SSSR count). The molecule has 0 saturated carbocycles. The average molecular weight is 448 g/mol. The lowest BCUT2D eigenvalue weighted by atomic mass is 9.86. The van der Waals surface area contributed by atoms with Gasteiger partial charge in [-0.15, -0.1) is 0 Å². The van der Waals surface area contributed by atoms with E-state index in [1.54, 1.807) is 0 Å². The zero-order valence-electron chi connectivity index (χ0n) is 16.4. The van der Waals surface area contributed by atoms with Gasteiger partial charge in [0.25, 0.3) is 5.56 Å². The SMILES string of the molecule is O=C1CC(c2ccc3ccccc3c2)c2c(nc(SCc3ccccc3Cl)[nH]c2=O)N1. The van der Waals surface area contributed by atoms with Gasteiger partial charge in [0.05, 0.1) is 5.56 Å². The molecule has 31 heavy (non-hydrogen) atoms. The number of anilines is 1. The van der Waals surface area contributed by atoms with E-state index in [1.165, 1.54) is 11.8 Å². The Hall–Kier alpha value is -3.09. The highest BCUT2D eigenvalue weighted by atomic mass is 35.5. The first-order valence-corrected chi connectivity index (χ1v) is 11.2. The van der Waals surface area contributed by atoms with Crippen molar-refractivity contribution < 1.29 is 4.79 Å². The molecule has 1 unspecified atom stereocenters. The fraction of sp³-hybridized carbons (Fsp3) is 0.125. The molecule has 1 amide bonds. The molecule has 1 atom stereocenters. The molecule has 4 aromatic rings. The van der Waals surface area contributed by atoms with E-state index in [1.807, 2.05) is 66.7 Å². The zero-order valence-corrected chi connectivity index (χ0v) is 18.0. The molecular formula is C24H18ClN3O2S. The molecule has 0 spiro atoms. The Morgan fingerprint density at radius 3 is 2.61 bits per heavy atom. The van der Waals surface area contributed by atoms with Crippen molar-refractivity contribution in [3.8, 4) is 0 Å². The number of H-pyrrole nitrogens is 1. The summed E-state index contributed by atoms with van der Waals surface area (Å²) in [6, 6.07) is 21.6. The number of nitrogens with zero attached hydrogens (tertiary/aromatic N) is 1. The number of aromatic amines is 1. The van der Waals surface area contributed by atoms with E-state index < -0.39 is 0 Å². The van der Waals surface area contributed by atoms with E-state index in [0.29, 0.717) is 27.3 Å². The van der Waals surface area contributed by atoms with Crippen molar-refractivity contribution in [3.05, 3.63) is 98.8 Å². The summed E-state index contributed by atoms with van der Waals surface area (Å²) in [5, 5.41) is 6.08. The van der Waals surface area contributed by atoms with Crippen LogP contribution < -0.4 is 10.9 Å². The predicted octanol–water partition coefficient (Wildman–Crippen LogP) is 5.34. The highest BCUT2D eigenvalue weighted by Crippen LogP contribution is 2.36. The van der Waals surface area contributed by atoms with Crippen molar-refractivity contribution in [2.45, 2.75) is 23.2 Å². The minimum Gasteiger partial charge on any atom is -0.310 e. The molecular weight excluding hydrogens is 430 g/mol. The number of halogens is 1. The number of nitrogens with one attached hydrogen (secondary N) is 2. The van der Waals surface area contributed by atoms with Crippen LogP contribution in [-0.2, 0) is 10.5 Å². The number of hydrogen-bond acceptors (Lipinski definition) is 4. The van der Waals surface area contributed by atoms with Crippen LogP contribution in [0.3, 0.4) is 0 Å². The quantitative estimate of drug-likeness (QED) is 0.327. The number of benzene rings is 3. The van der Waals surface area contributed by atoms with Gasteiger partial charge in [0.15, 0.2) is 5.16 Å². The van der Waals surface area contributed by atoms with E-state index in [4.69, 9.17) is 11.6 Å². The van der Waals surface area contributed by atoms with Crippen molar-refractivity contribution in [1.29, 1.82) is 0 Å². The monoisotopic (exact) mass is 447 g/mol. The average Bonchev–Trinajstić information content (AvgIpc) is 2.77. The van der Waals surface area contributed by atoms with Gasteiger partial charge in [-0.25, -0.2) is 4.98 Å². The highest BCUT2D eigenvalue weighted by Gasteiger charge is 2.31. The zero-order chi connectivity index (χ0) is 21.4. The Bertz CT molecular complexity index is 1370. The number of aromatic nitrogens is 2. The lowest BCUT2D eigenvalue weighted by Crippen LogP contribution is -2.31. The maximum absolute atomic E-state index is 13.0. The number of rotatable bonds is 4. The molecule has 0 saturated heterocycles. The van der Waals surface area contributed by atoms with Gasteiger partial charge in [0, 0.05) is 23.1 Å². The molecule has 1 aromatic heterocycles. The summed E-state index contributed by atoms with van der Waals surface area (Å²) >= 11 is 7.59. The molecule has 2 N–H and O–H groups in total. The van der Waals surface area contributed by atoms with Crippen molar-refractivity contribution in [1.82, 2.24) is 9.97 Å². The molecule has 3 aromatic carbocycles. The lowest BCUT2D eigenvalue weighted by molar-refractivity contribution is -0.116. The maximum Gasteiger partial charge on any atom is 0.257 e. The van der Waals surface area contributed by atoms with Gasteiger partial charge in [-0.05, 0) is 28.0 Å². The number of carbonyl (C=O) groups excluding carboxylic acids is 1. The number of carbonyl (C=O) groups is 1. The van der Waals surface area contributed by atoms with Gasteiger partial charge in [0.2, 0.25) is 5.91 Å². The summed E-state index contributed by atoms with van der Waals surface area (Å²) in [6.07, 6.45) is 0.211. The predicted molar refractivity (Wildman–Crippen MR) is 125 cm³/mol. The molecule has 1 aliphatic heterocycles. The molecule has 0 aliphatic carbocycles. The topological polar surface area (TPSA) is 74.8 Å². The van der Waals surface area contributed by atoms with E-state index in [9.17, 15) is 9.59 Å². The van der Waals surface area contributed by atoms with Crippen LogP contribution in [0.15, 0.2) is 76.7 Å². The standard InChI is InChI=1S/C24H18ClN3O2S/c25-19-8-4-3-7-17(19)13-31-24-27-22-21(23(30)28-24)18(12-20(29)26-22)16-10-9-14-5-1-2-6-15(14)11-16/h1-11,18H,12-13H2,(H2,26,27,28,29,30). The maximum atomic E-state index is 13.0. The van der Waals surface area contributed by atoms with Gasteiger partial charge < -0.3 is 10.3 Å². The number of thioether (sulfide) groups is 1. The van der Waals surface area contributed by atoms with Crippen molar-refractivity contribution in [2.75, 3.05) is 5.32 Å². The Balaban J connectivity index is 1.50. The highest BCUT2D eigenvalue weighted by molar-refractivity contribution is 7.98. The van der Waals surface area contributed by atoms with Crippen LogP contribution in [-0.4, -0.2) is 15.9 Å². The van der Waals surface area contributed by atoms with E-state index in [2.05, 4.69) is 15.3 Å². The van der Waals surface area contributed by atoms with Gasteiger partial charge >= 0.3 is 0 Å². The molecule has 0 fully saturated rings. The largest absolute Gasteiger partial charge is 0.310 e. The first-order chi connectivity index (χ1) is 15.1. The summed E-state index contributed by atoms with van der Waals surface area (Å²) in [5.41, 5.74) is 2.15. The van der Waals surface area contributed by atoms with Crippen LogP contribution >= 0.6 is 23.4 Å². The Labute approximate surface area is 187 Å². The molecule has 154 valence electrons. The fourth-order valence-electron chi connectivity index (χ4n) is 3.89. The van der Waals surface area contributed by atoms with Crippen LogP contribution in [0.25, 0.3) is 10.8 Å². The van der Waals surface area contributed by atoms with Gasteiger partial charge in [-0.2, -0.15) is 0 Å². The molecule has 0 bridgehead atoms. The third-order valence-corrected chi connectivity index (χ3v) is 6.72. The van der Waals surface area contributed by atoms with Crippen molar-refractivity contribution in [2.24, 2.45) is 0 Å². The molecule has 5 nitrogen and oxygen atoms in total.